The summed E-state index contributed by atoms with van der Waals surface area (Å²) >= 11 is 0. The molecule has 4 rings (SSSR count). The standard InChI is InChI=1S/C28H27NO4/c1-16-12-13-21(14-18(16)3)26(30)24-25(20-9-7-10-22(15-20)33-5)29(28(32)27(24)31)23-11-6-8-17(2)19(23)4/h6-15,25,30H,1-5H3/b26-24+. The molecule has 1 saturated heterocycles. The van der Waals surface area contributed by atoms with Gasteiger partial charge in [0, 0.05) is 11.3 Å². The van der Waals surface area contributed by atoms with Crippen LogP contribution < -0.4 is 9.64 Å². The smallest absolute Gasteiger partial charge is 0.300 e. The minimum Gasteiger partial charge on any atom is -0.507 e. The van der Waals surface area contributed by atoms with E-state index in [1.807, 2.05) is 70.2 Å². The second-order valence-corrected chi connectivity index (χ2v) is 8.46. The summed E-state index contributed by atoms with van der Waals surface area (Å²) in [5, 5.41) is 11.3. The van der Waals surface area contributed by atoms with Crippen LogP contribution in [0.1, 0.15) is 39.4 Å². The highest BCUT2D eigenvalue weighted by Crippen LogP contribution is 2.44. The molecule has 0 radical (unpaired) electrons. The van der Waals surface area contributed by atoms with E-state index in [0.717, 1.165) is 22.3 Å². The number of anilines is 1. The lowest BCUT2D eigenvalue weighted by Crippen LogP contribution is -2.30. The van der Waals surface area contributed by atoms with Crippen LogP contribution in [0.4, 0.5) is 5.69 Å². The van der Waals surface area contributed by atoms with Crippen LogP contribution in [0.3, 0.4) is 0 Å². The monoisotopic (exact) mass is 441 g/mol. The van der Waals surface area contributed by atoms with Crippen molar-refractivity contribution in [2.24, 2.45) is 0 Å². The van der Waals surface area contributed by atoms with Gasteiger partial charge in [0.05, 0.1) is 18.7 Å². The van der Waals surface area contributed by atoms with Crippen molar-refractivity contribution >= 4 is 23.1 Å². The minimum absolute atomic E-state index is 0.0670. The first-order chi connectivity index (χ1) is 15.7. The number of benzene rings is 3. The molecule has 0 aliphatic carbocycles. The van der Waals surface area contributed by atoms with Crippen molar-refractivity contribution < 1.29 is 19.4 Å². The topological polar surface area (TPSA) is 66.8 Å². The predicted octanol–water partition coefficient (Wildman–Crippen LogP) is 5.56. The van der Waals surface area contributed by atoms with E-state index in [4.69, 9.17) is 4.74 Å². The zero-order chi connectivity index (χ0) is 23.9. The molecule has 0 bridgehead atoms. The molecule has 5 heteroatoms. The molecule has 0 saturated carbocycles. The Labute approximate surface area is 193 Å². The molecule has 0 spiro atoms. The van der Waals surface area contributed by atoms with Crippen LogP contribution in [0.25, 0.3) is 5.76 Å². The minimum atomic E-state index is -0.790. The Hall–Kier alpha value is -3.86. The van der Waals surface area contributed by atoms with Gasteiger partial charge in [-0.3, -0.25) is 14.5 Å². The summed E-state index contributed by atoms with van der Waals surface area (Å²) in [6.07, 6.45) is 0. The molecule has 1 aliphatic rings. The average Bonchev–Trinajstić information content (AvgIpc) is 3.07. The quantitative estimate of drug-likeness (QED) is 0.327. The van der Waals surface area contributed by atoms with Gasteiger partial charge in [0.25, 0.3) is 11.7 Å². The number of carbonyl (C=O) groups is 2. The Morgan fingerprint density at radius 2 is 1.61 bits per heavy atom. The zero-order valence-electron chi connectivity index (χ0n) is 19.5. The molecule has 1 atom stereocenters. The number of aryl methyl sites for hydroxylation is 3. The van der Waals surface area contributed by atoms with Crippen LogP contribution in [0, 0.1) is 27.7 Å². The van der Waals surface area contributed by atoms with Gasteiger partial charge in [0.15, 0.2) is 0 Å². The number of nitrogens with zero attached hydrogens (tertiary/aromatic N) is 1. The fourth-order valence-corrected chi connectivity index (χ4v) is 4.25. The van der Waals surface area contributed by atoms with E-state index in [1.165, 1.54) is 4.90 Å². The zero-order valence-corrected chi connectivity index (χ0v) is 19.5. The predicted molar refractivity (Wildman–Crippen MR) is 130 cm³/mol. The lowest BCUT2D eigenvalue weighted by Gasteiger charge is -2.27. The first-order valence-corrected chi connectivity index (χ1v) is 10.8. The van der Waals surface area contributed by atoms with Crippen molar-refractivity contribution in [1.29, 1.82) is 0 Å². The van der Waals surface area contributed by atoms with Crippen LogP contribution in [0.15, 0.2) is 66.2 Å². The van der Waals surface area contributed by atoms with Crippen molar-refractivity contribution in [2.45, 2.75) is 33.7 Å². The summed E-state index contributed by atoms with van der Waals surface area (Å²) in [4.78, 5) is 28.2. The molecule has 3 aromatic rings. The molecule has 5 nitrogen and oxygen atoms in total. The van der Waals surface area contributed by atoms with E-state index in [0.29, 0.717) is 22.6 Å². The summed E-state index contributed by atoms with van der Waals surface area (Å²) in [6.45, 7) is 7.82. The third-order valence-electron chi connectivity index (χ3n) is 6.47. The number of rotatable bonds is 4. The number of ether oxygens (including phenoxy) is 1. The third-order valence-corrected chi connectivity index (χ3v) is 6.47. The van der Waals surface area contributed by atoms with Crippen molar-refractivity contribution in [3.8, 4) is 5.75 Å². The van der Waals surface area contributed by atoms with Crippen molar-refractivity contribution in [2.75, 3.05) is 12.0 Å². The number of ketones is 1. The SMILES string of the molecule is COc1cccc(C2/C(=C(\O)c3ccc(C)c(C)c3)C(=O)C(=O)N2c2cccc(C)c2C)c1. The summed E-state index contributed by atoms with van der Waals surface area (Å²) < 4.78 is 5.39. The van der Waals surface area contributed by atoms with Gasteiger partial charge in [-0.05, 0) is 79.8 Å². The molecule has 168 valence electrons. The number of hydrogen-bond donors (Lipinski definition) is 1. The van der Waals surface area contributed by atoms with E-state index in [9.17, 15) is 14.7 Å². The van der Waals surface area contributed by atoms with Gasteiger partial charge < -0.3 is 9.84 Å². The van der Waals surface area contributed by atoms with Gasteiger partial charge in [-0.1, -0.05) is 36.4 Å². The number of carbonyl (C=O) groups excluding carboxylic acids is 2. The highest BCUT2D eigenvalue weighted by atomic mass is 16.5. The van der Waals surface area contributed by atoms with E-state index in [-0.39, 0.29) is 11.3 Å². The fourth-order valence-electron chi connectivity index (χ4n) is 4.25. The Morgan fingerprint density at radius 1 is 0.879 bits per heavy atom. The van der Waals surface area contributed by atoms with Crippen LogP contribution in [0.5, 0.6) is 5.75 Å². The summed E-state index contributed by atoms with van der Waals surface area (Å²) in [7, 11) is 1.57. The fraction of sp³-hybridized carbons (Fsp3) is 0.214. The summed E-state index contributed by atoms with van der Waals surface area (Å²) in [6, 6.07) is 17.6. The normalized spacial score (nSPS) is 17.5. The maximum absolute atomic E-state index is 13.4. The first-order valence-electron chi connectivity index (χ1n) is 10.8. The number of Topliss-reactive ketones (excluding diaryl/α,β-unsaturated/α-hetero) is 1. The molecule has 1 fully saturated rings. The Kier molecular flexibility index (Phi) is 5.81. The maximum Gasteiger partial charge on any atom is 0.300 e. The Bertz CT molecular complexity index is 1300. The highest BCUT2D eigenvalue weighted by molar-refractivity contribution is 6.51. The van der Waals surface area contributed by atoms with Crippen LogP contribution >= 0.6 is 0 Å². The lowest BCUT2D eigenvalue weighted by atomic mass is 9.93. The van der Waals surface area contributed by atoms with Gasteiger partial charge in [0.2, 0.25) is 0 Å². The van der Waals surface area contributed by atoms with Gasteiger partial charge in [-0.25, -0.2) is 0 Å². The van der Waals surface area contributed by atoms with Crippen molar-refractivity contribution in [3.05, 3.63) is 99.6 Å². The largest absolute Gasteiger partial charge is 0.507 e. The second kappa shape index (κ2) is 8.58. The molecule has 1 amide bonds. The van der Waals surface area contributed by atoms with Gasteiger partial charge in [-0.2, -0.15) is 0 Å². The molecule has 1 N–H and O–H groups in total. The second-order valence-electron chi connectivity index (χ2n) is 8.46. The molecule has 1 unspecified atom stereocenters. The number of hydrogen-bond acceptors (Lipinski definition) is 4. The Balaban J connectivity index is 2.00. The van der Waals surface area contributed by atoms with Gasteiger partial charge >= 0.3 is 0 Å². The van der Waals surface area contributed by atoms with Crippen LogP contribution in [0.2, 0.25) is 0 Å². The third kappa shape index (κ3) is 3.80. The molecular weight excluding hydrogens is 414 g/mol. The molecule has 33 heavy (non-hydrogen) atoms. The first kappa shape index (κ1) is 22.3. The molecule has 1 aliphatic heterocycles. The van der Waals surface area contributed by atoms with E-state index in [1.54, 1.807) is 25.3 Å². The molecule has 3 aromatic carbocycles. The van der Waals surface area contributed by atoms with Crippen LogP contribution in [-0.2, 0) is 9.59 Å². The maximum atomic E-state index is 13.4. The molecule has 0 aromatic heterocycles. The number of methoxy groups -OCH3 is 1. The number of aliphatic hydroxyl groups is 1. The van der Waals surface area contributed by atoms with Crippen LogP contribution in [-0.4, -0.2) is 23.9 Å². The highest BCUT2D eigenvalue weighted by Gasteiger charge is 2.47. The molecule has 1 heterocycles. The number of amides is 1. The van der Waals surface area contributed by atoms with E-state index >= 15 is 0 Å². The van der Waals surface area contributed by atoms with Gasteiger partial charge in [-0.15, -0.1) is 0 Å². The molecular formula is C28H27NO4. The van der Waals surface area contributed by atoms with E-state index in [2.05, 4.69) is 0 Å². The van der Waals surface area contributed by atoms with Crippen molar-refractivity contribution in [1.82, 2.24) is 0 Å². The Morgan fingerprint density at radius 3 is 2.30 bits per heavy atom. The van der Waals surface area contributed by atoms with Crippen molar-refractivity contribution in [3.63, 3.8) is 0 Å². The summed E-state index contributed by atoms with van der Waals surface area (Å²) in [5.41, 5.74) is 5.87. The van der Waals surface area contributed by atoms with Gasteiger partial charge in [0.1, 0.15) is 11.5 Å². The summed E-state index contributed by atoms with van der Waals surface area (Å²) in [5.74, 6) is -0.955. The number of aliphatic hydroxyl groups excluding tert-OH is 1. The lowest BCUT2D eigenvalue weighted by molar-refractivity contribution is -0.132. The average molecular weight is 442 g/mol. The van der Waals surface area contributed by atoms with E-state index < -0.39 is 17.7 Å².